The number of carbonyl (C=O) groups excluding carboxylic acids is 1. The molecule has 130 valence electrons. The van der Waals surface area contributed by atoms with Crippen LogP contribution in [0.3, 0.4) is 0 Å². The highest BCUT2D eigenvalue weighted by molar-refractivity contribution is 5.78. The van der Waals surface area contributed by atoms with Gasteiger partial charge in [0.15, 0.2) is 0 Å². The number of ether oxygens (including phenoxy) is 1. The van der Waals surface area contributed by atoms with Gasteiger partial charge in [0, 0.05) is 6.54 Å². The second-order valence-electron chi connectivity index (χ2n) is 5.64. The average molecular weight is 339 g/mol. The normalized spacial score (nSPS) is 10.8. The van der Waals surface area contributed by atoms with Crippen LogP contribution < -0.4 is 10.1 Å². The summed E-state index contributed by atoms with van der Waals surface area (Å²) >= 11 is 0. The van der Waals surface area contributed by atoms with Crippen LogP contribution in [0.1, 0.15) is 29.9 Å². The van der Waals surface area contributed by atoms with E-state index in [4.69, 9.17) is 13.6 Å². The molecule has 2 aromatic heterocycles. The second kappa shape index (κ2) is 8.24. The van der Waals surface area contributed by atoms with Gasteiger partial charge in [-0.15, -0.1) is 0 Å². The second-order valence-corrected chi connectivity index (χ2v) is 5.64. The van der Waals surface area contributed by atoms with Crippen LogP contribution in [0.25, 0.3) is 0 Å². The van der Waals surface area contributed by atoms with Crippen LogP contribution >= 0.6 is 0 Å². The van der Waals surface area contributed by atoms with Crippen molar-refractivity contribution >= 4 is 5.91 Å². The van der Waals surface area contributed by atoms with E-state index >= 15 is 0 Å². The molecule has 0 aliphatic carbocycles. The van der Waals surface area contributed by atoms with Gasteiger partial charge in [0.05, 0.1) is 31.5 Å². The lowest BCUT2D eigenvalue weighted by Crippen LogP contribution is -2.29. The number of furan rings is 2. The first kappa shape index (κ1) is 16.9. The van der Waals surface area contributed by atoms with Gasteiger partial charge in [-0.1, -0.05) is 12.1 Å². The first-order chi connectivity index (χ1) is 12.3. The van der Waals surface area contributed by atoms with Crippen LogP contribution in [0.2, 0.25) is 0 Å². The molecule has 0 bridgehead atoms. The summed E-state index contributed by atoms with van der Waals surface area (Å²) in [6.45, 7) is 2.98. The van der Waals surface area contributed by atoms with Crippen molar-refractivity contribution in [2.75, 3.05) is 13.2 Å². The van der Waals surface area contributed by atoms with Crippen molar-refractivity contribution < 1.29 is 18.4 Å². The van der Waals surface area contributed by atoms with Crippen LogP contribution in [-0.2, 0) is 11.2 Å². The number of nitrogens with one attached hydrogen (secondary N) is 1. The summed E-state index contributed by atoms with van der Waals surface area (Å²) in [6, 6.07) is 15.0. The smallest absolute Gasteiger partial charge is 0.224 e. The molecule has 1 N–H and O–H groups in total. The van der Waals surface area contributed by atoms with E-state index in [1.165, 1.54) is 0 Å². The molecule has 0 aliphatic heterocycles. The Morgan fingerprint density at radius 3 is 2.20 bits per heavy atom. The topological polar surface area (TPSA) is 64.6 Å². The highest BCUT2D eigenvalue weighted by Gasteiger charge is 2.20. The zero-order chi connectivity index (χ0) is 17.5. The van der Waals surface area contributed by atoms with Crippen molar-refractivity contribution in [3.8, 4) is 5.75 Å². The van der Waals surface area contributed by atoms with Crippen LogP contribution in [0.4, 0.5) is 0 Å². The standard InChI is InChI=1S/C20H21NO4/c1-2-23-16-9-7-15(8-10-16)13-20(22)21-14-17(18-5-3-11-24-18)19-6-4-12-25-19/h3-12,17H,2,13-14H2,1H3,(H,21,22). The molecule has 5 nitrogen and oxygen atoms in total. The minimum atomic E-state index is -0.144. The van der Waals surface area contributed by atoms with Crippen LogP contribution in [0, 0.1) is 0 Å². The quantitative estimate of drug-likeness (QED) is 0.679. The molecule has 0 saturated heterocycles. The van der Waals surface area contributed by atoms with Gasteiger partial charge in [0.1, 0.15) is 17.3 Å². The largest absolute Gasteiger partial charge is 0.494 e. The highest BCUT2D eigenvalue weighted by atomic mass is 16.5. The minimum Gasteiger partial charge on any atom is -0.494 e. The zero-order valence-corrected chi connectivity index (χ0v) is 14.1. The zero-order valence-electron chi connectivity index (χ0n) is 14.1. The summed E-state index contributed by atoms with van der Waals surface area (Å²) in [5, 5.41) is 2.96. The lowest BCUT2D eigenvalue weighted by Gasteiger charge is -2.13. The third-order valence-corrected chi connectivity index (χ3v) is 3.88. The minimum absolute atomic E-state index is 0.0488. The molecule has 0 radical (unpaired) electrons. The Hall–Kier alpha value is -2.95. The molecule has 0 saturated carbocycles. The van der Waals surface area contributed by atoms with Crippen molar-refractivity contribution in [1.82, 2.24) is 5.32 Å². The van der Waals surface area contributed by atoms with Gasteiger partial charge < -0.3 is 18.9 Å². The maximum atomic E-state index is 12.3. The maximum absolute atomic E-state index is 12.3. The van der Waals surface area contributed by atoms with Gasteiger partial charge >= 0.3 is 0 Å². The number of carbonyl (C=O) groups is 1. The van der Waals surface area contributed by atoms with Crippen molar-refractivity contribution in [1.29, 1.82) is 0 Å². The Morgan fingerprint density at radius 1 is 1.04 bits per heavy atom. The van der Waals surface area contributed by atoms with Crippen LogP contribution in [0.15, 0.2) is 69.9 Å². The number of hydrogen-bond acceptors (Lipinski definition) is 4. The van der Waals surface area contributed by atoms with E-state index < -0.39 is 0 Å². The molecule has 3 rings (SSSR count). The Labute approximate surface area is 146 Å². The third kappa shape index (κ3) is 4.53. The molecule has 0 aliphatic rings. The summed E-state index contributed by atoms with van der Waals surface area (Å²) in [4.78, 5) is 12.3. The van der Waals surface area contributed by atoms with Gasteiger partial charge in [0.25, 0.3) is 0 Å². The van der Waals surface area contributed by atoms with Crippen molar-refractivity contribution in [3.63, 3.8) is 0 Å². The first-order valence-corrected chi connectivity index (χ1v) is 8.31. The monoisotopic (exact) mass is 339 g/mol. The van der Waals surface area contributed by atoms with Crippen molar-refractivity contribution in [3.05, 3.63) is 78.1 Å². The fourth-order valence-corrected chi connectivity index (χ4v) is 2.65. The lowest BCUT2D eigenvalue weighted by atomic mass is 10.0. The Balaban J connectivity index is 1.58. The summed E-state index contributed by atoms with van der Waals surface area (Å²) in [5.41, 5.74) is 0.938. The predicted octanol–water partition coefficient (Wildman–Crippen LogP) is 3.76. The van der Waals surface area contributed by atoms with Crippen molar-refractivity contribution in [2.24, 2.45) is 0 Å². The molecular weight excluding hydrogens is 318 g/mol. The van der Waals surface area contributed by atoms with Gasteiger partial charge in [-0.05, 0) is 48.9 Å². The predicted molar refractivity (Wildman–Crippen MR) is 93.6 cm³/mol. The first-order valence-electron chi connectivity index (χ1n) is 8.31. The molecule has 3 aromatic rings. The summed E-state index contributed by atoms with van der Waals surface area (Å²) in [5.74, 6) is 2.14. The van der Waals surface area contributed by atoms with E-state index in [0.717, 1.165) is 22.8 Å². The van der Waals surface area contributed by atoms with E-state index in [9.17, 15) is 4.79 Å². The Bertz CT molecular complexity index is 726. The van der Waals surface area contributed by atoms with Gasteiger partial charge in [0.2, 0.25) is 5.91 Å². The summed E-state index contributed by atoms with van der Waals surface area (Å²) in [6.07, 6.45) is 3.55. The molecule has 5 heteroatoms. The molecule has 2 heterocycles. The maximum Gasteiger partial charge on any atom is 0.224 e. The lowest BCUT2D eigenvalue weighted by molar-refractivity contribution is -0.120. The van der Waals surface area contributed by atoms with E-state index in [-0.39, 0.29) is 11.8 Å². The number of benzene rings is 1. The van der Waals surface area contributed by atoms with Gasteiger partial charge in [-0.3, -0.25) is 4.79 Å². The highest BCUT2D eigenvalue weighted by Crippen LogP contribution is 2.24. The van der Waals surface area contributed by atoms with Crippen LogP contribution in [0.5, 0.6) is 5.75 Å². The molecule has 1 aromatic carbocycles. The fourth-order valence-electron chi connectivity index (χ4n) is 2.65. The molecular formula is C20H21NO4. The number of hydrogen-bond donors (Lipinski definition) is 1. The van der Waals surface area contributed by atoms with Crippen LogP contribution in [-0.4, -0.2) is 19.1 Å². The van der Waals surface area contributed by atoms with E-state index in [0.29, 0.717) is 19.6 Å². The fraction of sp³-hybridized carbons (Fsp3) is 0.250. The molecule has 0 fully saturated rings. The summed E-state index contributed by atoms with van der Waals surface area (Å²) in [7, 11) is 0. The molecule has 1 amide bonds. The van der Waals surface area contributed by atoms with Gasteiger partial charge in [-0.2, -0.15) is 0 Å². The van der Waals surface area contributed by atoms with E-state index in [1.807, 2.05) is 55.5 Å². The molecule has 0 spiro atoms. The SMILES string of the molecule is CCOc1ccc(CC(=O)NCC(c2ccco2)c2ccco2)cc1. The summed E-state index contributed by atoms with van der Waals surface area (Å²) < 4.78 is 16.4. The number of rotatable bonds is 8. The molecule has 0 atom stereocenters. The van der Waals surface area contributed by atoms with Gasteiger partial charge in [-0.25, -0.2) is 0 Å². The Morgan fingerprint density at radius 2 is 1.68 bits per heavy atom. The van der Waals surface area contributed by atoms with E-state index in [2.05, 4.69) is 5.32 Å². The third-order valence-electron chi connectivity index (χ3n) is 3.88. The van der Waals surface area contributed by atoms with Crippen molar-refractivity contribution in [2.45, 2.75) is 19.3 Å². The molecule has 25 heavy (non-hydrogen) atoms. The number of amides is 1. The Kier molecular flexibility index (Phi) is 5.57. The average Bonchev–Trinajstić information content (AvgIpc) is 3.31. The van der Waals surface area contributed by atoms with E-state index in [1.54, 1.807) is 12.5 Å². The molecule has 0 unspecified atom stereocenters.